The molecule has 0 unspecified atom stereocenters. The average Bonchev–Trinajstić information content (AvgIpc) is 3.10. The van der Waals surface area contributed by atoms with Gasteiger partial charge in [-0.05, 0) is 59.7 Å². The highest BCUT2D eigenvalue weighted by atomic mass is 79.9. The summed E-state index contributed by atoms with van der Waals surface area (Å²) in [6, 6.07) is 9.15. The Morgan fingerprint density at radius 2 is 1.89 bits per heavy atom. The zero-order valence-electron chi connectivity index (χ0n) is 15.6. The maximum Gasteiger partial charge on any atom is 0.271 e. The molecule has 3 aromatic rings. The number of anilines is 2. The van der Waals surface area contributed by atoms with Gasteiger partial charge in [0.2, 0.25) is 0 Å². The van der Waals surface area contributed by atoms with Crippen LogP contribution in [0.4, 0.5) is 11.5 Å². The minimum Gasteiger partial charge on any atom is -0.354 e. The number of nitrogens with one attached hydrogen (secondary N) is 1. The van der Waals surface area contributed by atoms with Crippen LogP contribution in [-0.2, 0) is 10.0 Å². The SMILES string of the molecule is Cc1ccc(NS(=O)(=O)c2cc3c(N4CCN(C)CC4)nccc3s2)c(Br)c1. The second-order valence-corrected chi connectivity index (χ2v) is 10.8. The van der Waals surface area contributed by atoms with Crippen molar-refractivity contribution in [2.45, 2.75) is 11.1 Å². The van der Waals surface area contributed by atoms with Crippen molar-refractivity contribution in [3.05, 3.63) is 46.6 Å². The molecule has 1 fully saturated rings. The van der Waals surface area contributed by atoms with Crippen LogP contribution >= 0.6 is 27.3 Å². The number of aryl methyl sites for hydroxylation is 1. The van der Waals surface area contributed by atoms with Gasteiger partial charge in [-0.3, -0.25) is 4.72 Å². The molecule has 1 N–H and O–H groups in total. The molecule has 0 spiro atoms. The van der Waals surface area contributed by atoms with Crippen molar-refractivity contribution in [2.75, 3.05) is 42.8 Å². The summed E-state index contributed by atoms with van der Waals surface area (Å²) in [5.41, 5.74) is 1.58. The fourth-order valence-corrected chi connectivity index (χ4v) is 6.41. The smallest absolute Gasteiger partial charge is 0.271 e. The van der Waals surface area contributed by atoms with Crippen LogP contribution in [0.5, 0.6) is 0 Å². The normalized spacial score (nSPS) is 15.9. The van der Waals surface area contributed by atoms with Crippen LogP contribution in [0.2, 0.25) is 0 Å². The fraction of sp³-hybridized carbons (Fsp3) is 0.316. The van der Waals surface area contributed by atoms with Crippen LogP contribution in [-0.4, -0.2) is 51.5 Å². The van der Waals surface area contributed by atoms with Gasteiger partial charge in [0, 0.05) is 46.9 Å². The van der Waals surface area contributed by atoms with E-state index in [2.05, 4.69) is 42.5 Å². The number of nitrogens with zero attached hydrogens (tertiary/aromatic N) is 3. The minimum atomic E-state index is -3.68. The molecule has 0 aliphatic carbocycles. The van der Waals surface area contributed by atoms with Crippen molar-refractivity contribution in [1.82, 2.24) is 9.88 Å². The van der Waals surface area contributed by atoms with Crippen LogP contribution in [0.3, 0.4) is 0 Å². The third-order valence-electron chi connectivity index (χ3n) is 4.84. The van der Waals surface area contributed by atoms with Gasteiger partial charge in [-0.2, -0.15) is 0 Å². The number of hydrogen-bond acceptors (Lipinski definition) is 6. The summed E-state index contributed by atoms with van der Waals surface area (Å²) < 4.78 is 30.6. The van der Waals surface area contributed by atoms with E-state index in [0.717, 1.165) is 52.1 Å². The lowest BCUT2D eigenvalue weighted by Gasteiger charge is -2.33. The fourth-order valence-electron chi connectivity index (χ4n) is 3.23. The largest absolute Gasteiger partial charge is 0.354 e. The van der Waals surface area contributed by atoms with Crippen molar-refractivity contribution in [1.29, 1.82) is 0 Å². The molecule has 0 radical (unpaired) electrons. The van der Waals surface area contributed by atoms with Crippen molar-refractivity contribution in [3.8, 4) is 0 Å². The first-order chi connectivity index (χ1) is 13.3. The highest BCUT2D eigenvalue weighted by Gasteiger charge is 2.23. The predicted octanol–water partition coefficient (Wildman–Crippen LogP) is 3.92. The molecular formula is C19H21BrN4O2S2. The zero-order chi connectivity index (χ0) is 19.9. The van der Waals surface area contributed by atoms with Gasteiger partial charge in [-0.25, -0.2) is 13.4 Å². The number of rotatable bonds is 4. The number of aromatic nitrogens is 1. The van der Waals surface area contributed by atoms with Gasteiger partial charge in [-0.1, -0.05) is 6.07 Å². The number of piperazine rings is 1. The quantitative estimate of drug-likeness (QED) is 0.612. The molecular weight excluding hydrogens is 460 g/mol. The Bertz CT molecular complexity index is 1120. The lowest BCUT2D eigenvalue weighted by Crippen LogP contribution is -2.44. The molecule has 0 atom stereocenters. The minimum absolute atomic E-state index is 0.290. The molecule has 9 heteroatoms. The standard InChI is InChI=1S/C19H21BrN4O2S2/c1-13-3-4-16(15(20)11-13)22-28(25,26)18-12-14-17(27-18)5-6-21-19(14)24-9-7-23(2)8-10-24/h3-6,11-12,22H,7-10H2,1-2H3. The summed E-state index contributed by atoms with van der Waals surface area (Å²) in [6.07, 6.45) is 1.76. The van der Waals surface area contributed by atoms with Crippen LogP contribution in [0.25, 0.3) is 10.1 Å². The van der Waals surface area contributed by atoms with E-state index in [9.17, 15) is 8.42 Å². The number of likely N-dealkylation sites (N-methyl/N-ethyl adjacent to an activating group) is 1. The van der Waals surface area contributed by atoms with E-state index < -0.39 is 10.0 Å². The summed E-state index contributed by atoms with van der Waals surface area (Å²) in [4.78, 5) is 9.06. The van der Waals surface area contributed by atoms with E-state index in [1.54, 1.807) is 18.3 Å². The summed E-state index contributed by atoms with van der Waals surface area (Å²) in [5.74, 6) is 0.861. The molecule has 1 aromatic carbocycles. The molecule has 1 aliphatic heterocycles. The average molecular weight is 481 g/mol. The van der Waals surface area contributed by atoms with Gasteiger partial charge in [-0.15, -0.1) is 11.3 Å². The van der Waals surface area contributed by atoms with E-state index >= 15 is 0 Å². The molecule has 28 heavy (non-hydrogen) atoms. The zero-order valence-corrected chi connectivity index (χ0v) is 18.9. The van der Waals surface area contributed by atoms with Crippen LogP contribution < -0.4 is 9.62 Å². The second-order valence-electron chi connectivity index (χ2n) is 6.99. The Balaban J connectivity index is 1.68. The summed E-state index contributed by atoms with van der Waals surface area (Å²) in [6.45, 7) is 5.67. The van der Waals surface area contributed by atoms with E-state index in [1.165, 1.54) is 11.3 Å². The molecule has 0 saturated carbocycles. The van der Waals surface area contributed by atoms with Crippen LogP contribution in [0.1, 0.15) is 5.56 Å². The van der Waals surface area contributed by atoms with E-state index in [0.29, 0.717) is 9.90 Å². The number of benzene rings is 1. The highest BCUT2D eigenvalue weighted by molar-refractivity contribution is 9.10. The van der Waals surface area contributed by atoms with Crippen molar-refractivity contribution >= 4 is 58.9 Å². The van der Waals surface area contributed by atoms with Gasteiger partial charge in [0.1, 0.15) is 10.0 Å². The predicted molar refractivity (Wildman–Crippen MR) is 119 cm³/mol. The van der Waals surface area contributed by atoms with E-state index in [-0.39, 0.29) is 0 Å². The van der Waals surface area contributed by atoms with Gasteiger partial charge >= 0.3 is 0 Å². The lowest BCUT2D eigenvalue weighted by molar-refractivity contribution is 0.312. The Morgan fingerprint density at radius 3 is 2.61 bits per heavy atom. The van der Waals surface area contributed by atoms with Crippen molar-refractivity contribution in [2.24, 2.45) is 0 Å². The number of halogens is 1. The molecule has 6 nitrogen and oxygen atoms in total. The third-order valence-corrected chi connectivity index (χ3v) is 8.43. The number of thiophene rings is 1. The Kier molecular flexibility index (Phi) is 5.34. The van der Waals surface area contributed by atoms with E-state index in [4.69, 9.17) is 0 Å². The topological polar surface area (TPSA) is 65.5 Å². The first-order valence-electron chi connectivity index (χ1n) is 8.94. The third kappa shape index (κ3) is 3.89. The first-order valence-corrected chi connectivity index (χ1v) is 12.0. The molecule has 2 aromatic heterocycles. The summed E-state index contributed by atoms with van der Waals surface area (Å²) in [7, 11) is -1.58. The summed E-state index contributed by atoms with van der Waals surface area (Å²) >= 11 is 4.70. The molecule has 1 aliphatic rings. The molecule has 148 valence electrons. The number of sulfonamides is 1. The second kappa shape index (κ2) is 7.62. The molecule has 3 heterocycles. The Morgan fingerprint density at radius 1 is 1.14 bits per heavy atom. The van der Waals surface area contributed by atoms with Gasteiger partial charge in [0.25, 0.3) is 10.0 Å². The molecule has 0 bridgehead atoms. The van der Waals surface area contributed by atoms with Crippen molar-refractivity contribution in [3.63, 3.8) is 0 Å². The number of fused-ring (bicyclic) bond motifs is 1. The van der Waals surface area contributed by atoms with Crippen LogP contribution in [0, 0.1) is 6.92 Å². The molecule has 4 rings (SSSR count). The highest BCUT2D eigenvalue weighted by Crippen LogP contribution is 2.36. The number of pyridine rings is 1. The van der Waals surface area contributed by atoms with Crippen LogP contribution in [0.15, 0.2) is 45.2 Å². The maximum atomic E-state index is 13.0. The van der Waals surface area contributed by atoms with Gasteiger partial charge in [0.05, 0.1) is 5.69 Å². The first kappa shape index (κ1) is 19.6. The Hall–Kier alpha value is -1.68. The van der Waals surface area contributed by atoms with Gasteiger partial charge in [0.15, 0.2) is 0 Å². The summed E-state index contributed by atoms with van der Waals surface area (Å²) in [5, 5.41) is 0.889. The van der Waals surface area contributed by atoms with Crippen molar-refractivity contribution < 1.29 is 8.42 Å². The molecule has 0 amide bonds. The lowest BCUT2D eigenvalue weighted by atomic mass is 10.2. The van der Waals surface area contributed by atoms with E-state index in [1.807, 2.05) is 25.1 Å². The molecule has 1 saturated heterocycles. The Labute approximate surface area is 177 Å². The maximum absolute atomic E-state index is 13.0. The van der Waals surface area contributed by atoms with Gasteiger partial charge < -0.3 is 9.80 Å². The number of hydrogen-bond donors (Lipinski definition) is 1. The monoisotopic (exact) mass is 480 g/mol.